The molecule has 134 valence electrons. The predicted molar refractivity (Wildman–Crippen MR) is 100 cm³/mol. The van der Waals surface area contributed by atoms with E-state index in [-0.39, 0.29) is 11.6 Å². The third kappa shape index (κ3) is 4.12. The van der Waals surface area contributed by atoms with Crippen LogP contribution in [-0.4, -0.2) is 42.0 Å². The van der Waals surface area contributed by atoms with Crippen molar-refractivity contribution in [3.05, 3.63) is 47.5 Å². The van der Waals surface area contributed by atoms with Gasteiger partial charge in [-0.25, -0.2) is 0 Å². The van der Waals surface area contributed by atoms with Crippen molar-refractivity contribution in [1.29, 1.82) is 5.26 Å². The standard InChI is InChI=1S/C20H22N4O2/c1-2-6-19(25)23-11-13-24(14-12-23)20-17(15-21)22-18(26-20)10-9-16-7-4-3-5-8-16/h3-5,7-10H,2,6,11-14H2,1H3/b10-9+. The quantitative estimate of drug-likeness (QED) is 0.828. The zero-order chi connectivity index (χ0) is 18.4. The molecule has 0 aliphatic carbocycles. The van der Waals surface area contributed by atoms with Crippen LogP contribution in [0, 0.1) is 11.3 Å². The first-order chi connectivity index (χ1) is 12.7. The summed E-state index contributed by atoms with van der Waals surface area (Å²) >= 11 is 0. The van der Waals surface area contributed by atoms with E-state index in [0.29, 0.717) is 44.4 Å². The fourth-order valence-corrected chi connectivity index (χ4v) is 2.95. The number of rotatable bonds is 5. The highest BCUT2D eigenvalue weighted by Gasteiger charge is 2.25. The Kier molecular flexibility index (Phi) is 5.69. The van der Waals surface area contributed by atoms with Crippen LogP contribution in [0.5, 0.6) is 0 Å². The minimum atomic E-state index is 0.191. The topological polar surface area (TPSA) is 73.4 Å². The van der Waals surface area contributed by atoms with Crippen LogP contribution in [0.2, 0.25) is 0 Å². The monoisotopic (exact) mass is 350 g/mol. The summed E-state index contributed by atoms with van der Waals surface area (Å²) in [6.45, 7) is 4.56. The minimum Gasteiger partial charge on any atom is -0.420 e. The first-order valence-corrected chi connectivity index (χ1v) is 8.88. The average molecular weight is 350 g/mol. The van der Waals surface area contributed by atoms with Gasteiger partial charge < -0.3 is 14.2 Å². The summed E-state index contributed by atoms with van der Waals surface area (Å²) in [5, 5.41) is 9.37. The molecule has 1 saturated heterocycles. The molecule has 0 saturated carbocycles. The van der Waals surface area contributed by atoms with Gasteiger partial charge in [-0.3, -0.25) is 4.79 Å². The van der Waals surface area contributed by atoms with Gasteiger partial charge in [-0.15, -0.1) is 0 Å². The number of hydrogen-bond acceptors (Lipinski definition) is 5. The molecular formula is C20H22N4O2. The third-order valence-corrected chi connectivity index (χ3v) is 4.33. The number of anilines is 1. The molecule has 0 N–H and O–H groups in total. The molecule has 1 aliphatic heterocycles. The molecule has 6 heteroatoms. The molecule has 0 radical (unpaired) electrons. The maximum Gasteiger partial charge on any atom is 0.235 e. The zero-order valence-corrected chi connectivity index (χ0v) is 14.9. The van der Waals surface area contributed by atoms with Crippen molar-refractivity contribution in [3.8, 4) is 6.07 Å². The lowest BCUT2D eigenvalue weighted by molar-refractivity contribution is -0.131. The Hall–Kier alpha value is -3.07. The second kappa shape index (κ2) is 8.34. The summed E-state index contributed by atoms with van der Waals surface area (Å²) < 4.78 is 5.81. The summed E-state index contributed by atoms with van der Waals surface area (Å²) in [6, 6.07) is 11.9. The van der Waals surface area contributed by atoms with Crippen LogP contribution >= 0.6 is 0 Å². The van der Waals surface area contributed by atoms with Gasteiger partial charge in [0.2, 0.25) is 23.4 Å². The number of nitriles is 1. The molecule has 26 heavy (non-hydrogen) atoms. The molecular weight excluding hydrogens is 328 g/mol. The summed E-state index contributed by atoms with van der Waals surface area (Å²) in [7, 11) is 0. The molecule has 0 atom stereocenters. The lowest BCUT2D eigenvalue weighted by Gasteiger charge is -2.34. The first-order valence-electron chi connectivity index (χ1n) is 8.88. The Labute approximate surface area is 153 Å². The number of carbonyl (C=O) groups is 1. The molecule has 2 aromatic rings. The molecule has 6 nitrogen and oxygen atoms in total. The number of piperazine rings is 1. The van der Waals surface area contributed by atoms with Crippen LogP contribution in [0.15, 0.2) is 34.7 Å². The van der Waals surface area contributed by atoms with Crippen LogP contribution in [0.1, 0.15) is 36.9 Å². The fourth-order valence-electron chi connectivity index (χ4n) is 2.95. The fraction of sp³-hybridized carbons (Fsp3) is 0.350. The Morgan fingerprint density at radius 1 is 1.23 bits per heavy atom. The molecule has 0 bridgehead atoms. The number of hydrogen-bond donors (Lipinski definition) is 0. The molecule has 0 unspecified atom stereocenters. The van der Waals surface area contributed by atoms with Crippen molar-refractivity contribution in [2.75, 3.05) is 31.1 Å². The van der Waals surface area contributed by atoms with Crippen molar-refractivity contribution >= 4 is 23.9 Å². The van der Waals surface area contributed by atoms with E-state index in [1.54, 1.807) is 6.08 Å². The van der Waals surface area contributed by atoms with Gasteiger partial charge in [-0.05, 0) is 18.1 Å². The Morgan fingerprint density at radius 3 is 2.62 bits per heavy atom. The van der Waals surface area contributed by atoms with Crippen LogP contribution in [0.25, 0.3) is 12.2 Å². The third-order valence-electron chi connectivity index (χ3n) is 4.33. The van der Waals surface area contributed by atoms with E-state index in [2.05, 4.69) is 11.1 Å². The largest absolute Gasteiger partial charge is 0.420 e. The van der Waals surface area contributed by atoms with E-state index < -0.39 is 0 Å². The SMILES string of the molecule is CCCC(=O)N1CCN(c2oc(/C=C/c3ccccc3)nc2C#N)CC1. The van der Waals surface area contributed by atoms with Gasteiger partial charge in [0.15, 0.2) is 0 Å². The summed E-state index contributed by atoms with van der Waals surface area (Å²) in [6.07, 6.45) is 5.11. The van der Waals surface area contributed by atoms with Crippen LogP contribution in [0.4, 0.5) is 5.88 Å². The van der Waals surface area contributed by atoms with Crippen LogP contribution in [0.3, 0.4) is 0 Å². The van der Waals surface area contributed by atoms with Gasteiger partial charge in [-0.2, -0.15) is 10.2 Å². The van der Waals surface area contributed by atoms with Gasteiger partial charge in [0.1, 0.15) is 6.07 Å². The van der Waals surface area contributed by atoms with Crippen molar-refractivity contribution in [3.63, 3.8) is 0 Å². The predicted octanol–water partition coefficient (Wildman–Crippen LogP) is 3.17. The van der Waals surface area contributed by atoms with Crippen molar-refractivity contribution in [2.24, 2.45) is 0 Å². The van der Waals surface area contributed by atoms with Gasteiger partial charge in [0, 0.05) is 38.7 Å². The highest BCUT2D eigenvalue weighted by molar-refractivity contribution is 5.76. The van der Waals surface area contributed by atoms with E-state index in [4.69, 9.17) is 4.42 Å². The van der Waals surface area contributed by atoms with Crippen molar-refractivity contribution < 1.29 is 9.21 Å². The van der Waals surface area contributed by atoms with Crippen molar-refractivity contribution in [2.45, 2.75) is 19.8 Å². The van der Waals surface area contributed by atoms with Gasteiger partial charge in [-0.1, -0.05) is 37.3 Å². The zero-order valence-electron chi connectivity index (χ0n) is 14.9. The number of carbonyl (C=O) groups excluding carboxylic acids is 1. The Morgan fingerprint density at radius 2 is 1.96 bits per heavy atom. The minimum absolute atomic E-state index is 0.191. The second-order valence-corrected chi connectivity index (χ2v) is 6.18. The molecule has 3 rings (SSSR count). The van der Waals surface area contributed by atoms with Gasteiger partial charge in [0.05, 0.1) is 0 Å². The summed E-state index contributed by atoms with van der Waals surface area (Å²) in [5.41, 5.74) is 1.32. The molecule has 0 spiro atoms. The van der Waals surface area contributed by atoms with Gasteiger partial charge in [0.25, 0.3) is 0 Å². The van der Waals surface area contributed by atoms with Crippen LogP contribution < -0.4 is 4.90 Å². The van der Waals surface area contributed by atoms with E-state index in [9.17, 15) is 10.1 Å². The summed E-state index contributed by atoms with van der Waals surface area (Å²) in [4.78, 5) is 20.1. The summed E-state index contributed by atoms with van der Waals surface area (Å²) in [5.74, 6) is 1.09. The molecule has 2 heterocycles. The Bertz CT molecular complexity index is 812. The number of benzene rings is 1. The lowest BCUT2D eigenvalue weighted by Crippen LogP contribution is -2.48. The van der Waals surface area contributed by atoms with Gasteiger partial charge >= 0.3 is 0 Å². The number of aromatic nitrogens is 1. The molecule has 1 aromatic heterocycles. The number of oxazole rings is 1. The molecule has 1 fully saturated rings. The van der Waals surface area contributed by atoms with Crippen LogP contribution in [-0.2, 0) is 4.79 Å². The smallest absolute Gasteiger partial charge is 0.235 e. The average Bonchev–Trinajstić information content (AvgIpc) is 3.11. The second-order valence-electron chi connectivity index (χ2n) is 6.18. The normalized spacial score (nSPS) is 14.6. The lowest BCUT2D eigenvalue weighted by atomic mass is 10.2. The highest BCUT2D eigenvalue weighted by Crippen LogP contribution is 2.24. The number of nitrogens with zero attached hydrogens (tertiary/aromatic N) is 4. The van der Waals surface area contributed by atoms with E-state index in [1.807, 2.05) is 53.1 Å². The maximum absolute atomic E-state index is 12.0. The van der Waals surface area contributed by atoms with E-state index >= 15 is 0 Å². The first kappa shape index (κ1) is 17.7. The van der Waals surface area contributed by atoms with E-state index in [0.717, 1.165) is 12.0 Å². The molecule has 1 aliphatic rings. The maximum atomic E-state index is 12.0. The molecule has 1 aromatic carbocycles. The van der Waals surface area contributed by atoms with E-state index in [1.165, 1.54) is 0 Å². The molecule has 1 amide bonds. The number of amides is 1. The Balaban J connectivity index is 1.69. The van der Waals surface area contributed by atoms with Crippen molar-refractivity contribution in [1.82, 2.24) is 9.88 Å². The highest BCUT2D eigenvalue weighted by atomic mass is 16.4.